The molecule has 0 aromatic carbocycles. The number of allylic oxidation sites excluding steroid dienone is 1. The number of nitrogens with zero attached hydrogens (tertiary/aromatic N) is 2. The van der Waals surface area contributed by atoms with Crippen LogP contribution in [0, 0.1) is 0 Å². The standard InChI is InChI=1S/C13H22N2O3S/c1-4-5-10-19(18)11(2)13(17)15-8-6-14(7-9-15)12(3)16/h4-5,11H,6-10H2,1-3H3. The minimum absolute atomic E-state index is 0.0387. The van der Waals surface area contributed by atoms with Crippen LogP contribution in [-0.2, 0) is 20.4 Å². The number of carbonyl (C=O) groups is 2. The average molecular weight is 286 g/mol. The van der Waals surface area contributed by atoms with Gasteiger partial charge in [0.2, 0.25) is 11.8 Å². The normalized spacial score (nSPS) is 19.5. The predicted octanol–water partition coefficient (Wildman–Crippen LogP) is 0.390. The second-order valence-electron chi connectivity index (χ2n) is 4.59. The quantitative estimate of drug-likeness (QED) is 0.703. The van der Waals surface area contributed by atoms with Gasteiger partial charge in [0, 0.05) is 49.7 Å². The fourth-order valence-corrected chi connectivity index (χ4v) is 2.99. The molecule has 0 radical (unpaired) electrons. The molecule has 0 spiro atoms. The molecule has 0 bridgehead atoms. The molecule has 0 aromatic heterocycles. The lowest BCUT2D eigenvalue weighted by Gasteiger charge is -2.35. The number of hydrogen-bond acceptors (Lipinski definition) is 3. The molecule has 6 heteroatoms. The minimum atomic E-state index is -1.17. The van der Waals surface area contributed by atoms with E-state index in [2.05, 4.69) is 0 Å². The molecular formula is C13H22N2O3S. The minimum Gasteiger partial charge on any atom is -0.339 e. The Bertz CT molecular complexity index is 387. The number of rotatable bonds is 4. The van der Waals surface area contributed by atoms with E-state index in [0.29, 0.717) is 31.9 Å². The van der Waals surface area contributed by atoms with Crippen LogP contribution < -0.4 is 0 Å². The van der Waals surface area contributed by atoms with Crippen LogP contribution in [0.1, 0.15) is 20.8 Å². The molecule has 1 fully saturated rings. The van der Waals surface area contributed by atoms with E-state index in [-0.39, 0.29) is 11.8 Å². The molecule has 108 valence electrons. The van der Waals surface area contributed by atoms with E-state index in [9.17, 15) is 13.8 Å². The summed E-state index contributed by atoms with van der Waals surface area (Å²) in [7, 11) is -1.17. The fraction of sp³-hybridized carbons (Fsp3) is 0.692. The Morgan fingerprint density at radius 2 is 1.74 bits per heavy atom. The molecular weight excluding hydrogens is 264 g/mol. The maximum absolute atomic E-state index is 12.2. The van der Waals surface area contributed by atoms with E-state index in [0.717, 1.165) is 0 Å². The van der Waals surface area contributed by atoms with E-state index >= 15 is 0 Å². The van der Waals surface area contributed by atoms with Crippen LogP contribution in [0.3, 0.4) is 0 Å². The second-order valence-corrected chi connectivity index (χ2v) is 6.39. The van der Waals surface area contributed by atoms with Gasteiger partial charge in [0.25, 0.3) is 0 Å². The smallest absolute Gasteiger partial charge is 0.238 e. The summed E-state index contributed by atoms with van der Waals surface area (Å²) >= 11 is 0. The SMILES string of the molecule is CC=CCS(=O)C(C)C(=O)N1CCN(C(C)=O)CC1. The van der Waals surface area contributed by atoms with Crippen molar-refractivity contribution < 1.29 is 13.8 Å². The number of hydrogen-bond donors (Lipinski definition) is 0. The lowest BCUT2D eigenvalue weighted by atomic mass is 10.3. The third-order valence-corrected chi connectivity index (χ3v) is 4.79. The van der Waals surface area contributed by atoms with Crippen LogP contribution in [-0.4, -0.2) is 63.0 Å². The van der Waals surface area contributed by atoms with Crippen molar-refractivity contribution in [3.63, 3.8) is 0 Å². The highest BCUT2D eigenvalue weighted by Crippen LogP contribution is 2.08. The third-order valence-electron chi connectivity index (χ3n) is 3.27. The van der Waals surface area contributed by atoms with E-state index in [1.165, 1.54) is 6.92 Å². The van der Waals surface area contributed by atoms with Gasteiger partial charge in [-0.15, -0.1) is 0 Å². The Balaban J connectivity index is 2.50. The molecule has 0 aromatic rings. The first kappa shape index (κ1) is 15.9. The molecule has 1 saturated heterocycles. The zero-order valence-electron chi connectivity index (χ0n) is 11.8. The van der Waals surface area contributed by atoms with Gasteiger partial charge in [-0.2, -0.15) is 0 Å². The molecule has 5 nitrogen and oxygen atoms in total. The Kier molecular flexibility index (Phi) is 6.21. The lowest BCUT2D eigenvalue weighted by molar-refractivity contribution is -0.137. The van der Waals surface area contributed by atoms with Crippen LogP contribution in [0.15, 0.2) is 12.2 Å². The largest absolute Gasteiger partial charge is 0.339 e. The first-order chi connectivity index (χ1) is 8.97. The van der Waals surface area contributed by atoms with E-state index < -0.39 is 16.0 Å². The predicted molar refractivity (Wildman–Crippen MR) is 76.1 cm³/mol. The van der Waals surface area contributed by atoms with Gasteiger partial charge in [-0.3, -0.25) is 13.8 Å². The molecule has 2 unspecified atom stereocenters. The first-order valence-electron chi connectivity index (χ1n) is 6.50. The molecule has 1 rings (SSSR count). The molecule has 0 N–H and O–H groups in total. The summed E-state index contributed by atoms with van der Waals surface area (Å²) in [6.45, 7) is 7.30. The van der Waals surface area contributed by atoms with Gasteiger partial charge in [-0.05, 0) is 13.8 Å². The highest BCUT2D eigenvalue weighted by molar-refractivity contribution is 7.86. The summed E-state index contributed by atoms with van der Waals surface area (Å²) in [5.41, 5.74) is 0. The molecule has 0 aliphatic carbocycles. The Labute approximate surface area is 117 Å². The monoisotopic (exact) mass is 286 g/mol. The van der Waals surface area contributed by atoms with Crippen molar-refractivity contribution in [3.05, 3.63) is 12.2 Å². The molecule has 2 amide bonds. The molecule has 2 atom stereocenters. The van der Waals surface area contributed by atoms with Crippen molar-refractivity contribution in [1.29, 1.82) is 0 Å². The lowest BCUT2D eigenvalue weighted by Crippen LogP contribution is -2.52. The van der Waals surface area contributed by atoms with Gasteiger partial charge in [0.1, 0.15) is 5.25 Å². The Hall–Kier alpha value is -1.17. The van der Waals surface area contributed by atoms with Crippen LogP contribution in [0.2, 0.25) is 0 Å². The summed E-state index contributed by atoms with van der Waals surface area (Å²) in [5, 5.41) is -0.486. The summed E-state index contributed by atoms with van der Waals surface area (Å²) in [6, 6.07) is 0. The van der Waals surface area contributed by atoms with Gasteiger partial charge in [0.05, 0.1) is 0 Å². The highest BCUT2D eigenvalue weighted by atomic mass is 32.2. The third kappa shape index (κ3) is 4.45. The summed E-state index contributed by atoms with van der Waals surface area (Å²) in [4.78, 5) is 26.8. The maximum Gasteiger partial charge on any atom is 0.238 e. The zero-order valence-corrected chi connectivity index (χ0v) is 12.6. The van der Waals surface area contributed by atoms with Crippen molar-refractivity contribution in [2.45, 2.75) is 26.0 Å². The molecule has 1 aliphatic heterocycles. The summed E-state index contributed by atoms with van der Waals surface area (Å²) in [6.07, 6.45) is 3.65. The number of amides is 2. The van der Waals surface area contributed by atoms with Gasteiger partial charge < -0.3 is 9.80 Å². The van der Waals surface area contributed by atoms with Crippen molar-refractivity contribution >= 4 is 22.6 Å². The van der Waals surface area contributed by atoms with Crippen molar-refractivity contribution in [1.82, 2.24) is 9.80 Å². The first-order valence-corrected chi connectivity index (χ1v) is 7.88. The molecule has 1 aliphatic rings. The average Bonchev–Trinajstić information content (AvgIpc) is 2.43. The molecule has 0 saturated carbocycles. The van der Waals surface area contributed by atoms with E-state index in [4.69, 9.17) is 0 Å². The zero-order chi connectivity index (χ0) is 14.4. The Morgan fingerprint density at radius 1 is 1.21 bits per heavy atom. The van der Waals surface area contributed by atoms with Gasteiger partial charge >= 0.3 is 0 Å². The van der Waals surface area contributed by atoms with Gasteiger partial charge in [0.15, 0.2) is 0 Å². The van der Waals surface area contributed by atoms with Crippen LogP contribution in [0.4, 0.5) is 0 Å². The van der Waals surface area contributed by atoms with Crippen molar-refractivity contribution in [2.24, 2.45) is 0 Å². The summed E-state index contributed by atoms with van der Waals surface area (Å²) in [5.74, 6) is 0.374. The van der Waals surface area contributed by atoms with Crippen LogP contribution in [0.5, 0.6) is 0 Å². The molecule has 19 heavy (non-hydrogen) atoms. The summed E-state index contributed by atoms with van der Waals surface area (Å²) < 4.78 is 11.9. The topological polar surface area (TPSA) is 57.7 Å². The molecule has 1 heterocycles. The van der Waals surface area contributed by atoms with Crippen LogP contribution >= 0.6 is 0 Å². The van der Waals surface area contributed by atoms with Gasteiger partial charge in [-0.1, -0.05) is 12.2 Å². The van der Waals surface area contributed by atoms with Crippen molar-refractivity contribution in [3.8, 4) is 0 Å². The van der Waals surface area contributed by atoms with Crippen LogP contribution in [0.25, 0.3) is 0 Å². The second kappa shape index (κ2) is 7.43. The van der Waals surface area contributed by atoms with E-state index in [1.807, 2.05) is 19.1 Å². The van der Waals surface area contributed by atoms with E-state index in [1.54, 1.807) is 16.7 Å². The van der Waals surface area contributed by atoms with Gasteiger partial charge in [-0.25, -0.2) is 0 Å². The fourth-order valence-electron chi connectivity index (χ4n) is 1.95. The maximum atomic E-state index is 12.2. The number of carbonyl (C=O) groups excluding carboxylic acids is 2. The number of piperazine rings is 1. The van der Waals surface area contributed by atoms with Crippen molar-refractivity contribution in [2.75, 3.05) is 31.9 Å². The Morgan fingerprint density at radius 3 is 2.21 bits per heavy atom. The highest BCUT2D eigenvalue weighted by Gasteiger charge is 2.28.